The zero-order chi connectivity index (χ0) is 12.4. The maximum absolute atomic E-state index is 11.1. The fourth-order valence-corrected chi connectivity index (χ4v) is 1.72. The lowest BCUT2D eigenvalue weighted by molar-refractivity contribution is 0.0699. The molecule has 2 rings (SSSR count). The monoisotopic (exact) mass is 220 g/mol. The highest BCUT2D eigenvalue weighted by atomic mass is 16.4. The highest BCUT2D eigenvalue weighted by Crippen LogP contribution is 2.22. The summed E-state index contributed by atoms with van der Waals surface area (Å²) in [5.74, 6) is 3.94. The van der Waals surface area contributed by atoms with Crippen molar-refractivity contribution in [3.8, 4) is 24.7 Å². The number of carboxylic acids is 1. The van der Waals surface area contributed by atoms with Crippen LogP contribution in [0.3, 0.4) is 0 Å². The van der Waals surface area contributed by atoms with Gasteiger partial charge >= 0.3 is 5.97 Å². The Labute approximate surface area is 98.9 Å². The molecule has 0 aliphatic rings. The summed E-state index contributed by atoms with van der Waals surface area (Å²) >= 11 is 0. The van der Waals surface area contributed by atoms with Crippen molar-refractivity contribution < 1.29 is 9.90 Å². The molecule has 0 unspecified atom stereocenters. The van der Waals surface area contributed by atoms with Crippen LogP contribution in [0.1, 0.15) is 21.5 Å². The average molecular weight is 220 g/mol. The molecule has 0 saturated heterocycles. The molecule has 0 aliphatic heterocycles. The van der Waals surface area contributed by atoms with E-state index in [0.717, 1.165) is 5.39 Å². The van der Waals surface area contributed by atoms with Gasteiger partial charge in [-0.3, -0.25) is 0 Å². The predicted octanol–water partition coefficient (Wildman–Crippen LogP) is 2.50. The Morgan fingerprint density at radius 3 is 2.29 bits per heavy atom. The van der Waals surface area contributed by atoms with E-state index in [4.69, 9.17) is 18.0 Å². The SMILES string of the molecule is C#Cc1ccc2c(C(=O)O)cc(C#C)cc2c1. The maximum Gasteiger partial charge on any atom is 0.336 e. The Balaban J connectivity index is 2.87. The van der Waals surface area contributed by atoms with Crippen molar-refractivity contribution in [3.63, 3.8) is 0 Å². The molecule has 1 N–H and O–H groups in total. The maximum atomic E-state index is 11.1. The minimum atomic E-state index is -0.999. The number of benzene rings is 2. The molecule has 0 heterocycles. The molecule has 2 nitrogen and oxygen atoms in total. The summed E-state index contributed by atoms with van der Waals surface area (Å²) in [7, 11) is 0. The number of aromatic carboxylic acids is 1. The van der Waals surface area contributed by atoms with Crippen LogP contribution >= 0.6 is 0 Å². The van der Waals surface area contributed by atoms with Gasteiger partial charge in [-0.15, -0.1) is 12.8 Å². The number of terminal acetylenes is 2. The van der Waals surface area contributed by atoms with Crippen molar-refractivity contribution in [1.29, 1.82) is 0 Å². The third-order valence-electron chi connectivity index (χ3n) is 2.52. The van der Waals surface area contributed by atoms with E-state index in [9.17, 15) is 4.79 Å². The van der Waals surface area contributed by atoms with Gasteiger partial charge in [-0.1, -0.05) is 17.9 Å². The number of fused-ring (bicyclic) bond motifs is 1. The summed E-state index contributed by atoms with van der Waals surface area (Å²) < 4.78 is 0. The van der Waals surface area contributed by atoms with Crippen LogP contribution < -0.4 is 0 Å². The molecule has 2 heteroatoms. The third kappa shape index (κ3) is 1.85. The van der Waals surface area contributed by atoms with E-state index < -0.39 is 5.97 Å². The van der Waals surface area contributed by atoms with Crippen molar-refractivity contribution in [2.75, 3.05) is 0 Å². The molecule has 0 saturated carbocycles. The van der Waals surface area contributed by atoms with E-state index in [2.05, 4.69) is 11.8 Å². The summed E-state index contributed by atoms with van der Waals surface area (Å²) in [5, 5.41) is 10.5. The van der Waals surface area contributed by atoms with Gasteiger partial charge in [0.25, 0.3) is 0 Å². The van der Waals surface area contributed by atoms with E-state index in [1.807, 2.05) is 0 Å². The van der Waals surface area contributed by atoms with E-state index in [1.165, 1.54) is 6.07 Å². The molecule has 2 aromatic rings. The normalized spacial score (nSPS) is 9.53. The number of hydrogen-bond donors (Lipinski definition) is 1. The minimum absolute atomic E-state index is 0.194. The Kier molecular flexibility index (Phi) is 2.57. The molecular weight excluding hydrogens is 212 g/mol. The molecule has 2 aromatic carbocycles. The molecule has 80 valence electrons. The van der Waals surface area contributed by atoms with Gasteiger partial charge in [-0.2, -0.15) is 0 Å². The first-order chi connectivity index (χ1) is 8.15. The van der Waals surface area contributed by atoms with Gasteiger partial charge in [0.1, 0.15) is 0 Å². The summed E-state index contributed by atoms with van der Waals surface area (Å²) in [4.78, 5) is 11.1. The van der Waals surface area contributed by atoms with Crippen molar-refractivity contribution in [2.45, 2.75) is 0 Å². The van der Waals surface area contributed by atoms with Crippen molar-refractivity contribution in [1.82, 2.24) is 0 Å². The van der Waals surface area contributed by atoms with Crippen LogP contribution in [0, 0.1) is 24.7 Å². The molecular formula is C15H8O2. The number of carboxylic acid groups (broad SMARTS) is 1. The van der Waals surface area contributed by atoms with Crippen LogP contribution in [0.25, 0.3) is 10.8 Å². The molecule has 0 bridgehead atoms. The van der Waals surface area contributed by atoms with Crippen LogP contribution in [-0.4, -0.2) is 11.1 Å². The van der Waals surface area contributed by atoms with Crippen LogP contribution in [0.5, 0.6) is 0 Å². The van der Waals surface area contributed by atoms with Gasteiger partial charge in [0.05, 0.1) is 5.56 Å². The lowest BCUT2D eigenvalue weighted by atomic mass is 9.99. The Morgan fingerprint density at radius 2 is 1.71 bits per heavy atom. The van der Waals surface area contributed by atoms with Crippen molar-refractivity contribution >= 4 is 16.7 Å². The lowest BCUT2D eigenvalue weighted by Crippen LogP contribution is -1.98. The molecule has 0 amide bonds. The number of carbonyl (C=O) groups is 1. The summed E-state index contributed by atoms with van der Waals surface area (Å²) in [6.07, 6.45) is 10.6. The van der Waals surface area contributed by atoms with E-state index in [-0.39, 0.29) is 5.56 Å². The first kappa shape index (κ1) is 10.8. The molecule has 0 spiro atoms. The average Bonchev–Trinajstić information content (AvgIpc) is 2.36. The molecule has 0 aromatic heterocycles. The van der Waals surface area contributed by atoms with Crippen LogP contribution in [0.2, 0.25) is 0 Å². The molecule has 0 fully saturated rings. The third-order valence-corrected chi connectivity index (χ3v) is 2.52. The second kappa shape index (κ2) is 4.04. The molecule has 0 atom stereocenters. The number of rotatable bonds is 1. The predicted molar refractivity (Wildman–Crippen MR) is 66.8 cm³/mol. The summed E-state index contributed by atoms with van der Waals surface area (Å²) in [6.45, 7) is 0. The smallest absolute Gasteiger partial charge is 0.336 e. The van der Waals surface area contributed by atoms with Crippen LogP contribution in [0.4, 0.5) is 0 Å². The molecule has 17 heavy (non-hydrogen) atoms. The second-order valence-electron chi connectivity index (χ2n) is 3.55. The van der Waals surface area contributed by atoms with Gasteiger partial charge in [-0.05, 0) is 35.0 Å². The van der Waals surface area contributed by atoms with Crippen molar-refractivity contribution in [2.24, 2.45) is 0 Å². The second-order valence-corrected chi connectivity index (χ2v) is 3.55. The highest BCUT2D eigenvalue weighted by Gasteiger charge is 2.10. The fraction of sp³-hybridized carbons (Fsp3) is 0. The quantitative estimate of drug-likeness (QED) is 0.750. The zero-order valence-electron chi connectivity index (χ0n) is 8.90. The van der Waals surface area contributed by atoms with Gasteiger partial charge in [-0.25, -0.2) is 4.79 Å². The number of hydrogen-bond acceptors (Lipinski definition) is 1. The first-order valence-corrected chi connectivity index (χ1v) is 4.90. The molecule has 0 aliphatic carbocycles. The van der Waals surface area contributed by atoms with Gasteiger partial charge in [0.2, 0.25) is 0 Å². The Bertz CT molecular complexity index is 692. The zero-order valence-corrected chi connectivity index (χ0v) is 8.90. The first-order valence-electron chi connectivity index (χ1n) is 4.90. The van der Waals surface area contributed by atoms with Gasteiger partial charge in [0, 0.05) is 11.1 Å². The highest BCUT2D eigenvalue weighted by molar-refractivity contribution is 6.04. The van der Waals surface area contributed by atoms with Crippen molar-refractivity contribution in [3.05, 3.63) is 47.0 Å². The van der Waals surface area contributed by atoms with E-state index >= 15 is 0 Å². The largest absolute Gasteiger partial charge is 0.478 e. The summed E-state index contributed by atoms with van der Waals surface area (Å²) in [5.41, 5.74) is 1.42. The fourth-order valence-electron chi connectivity index (χ4n) is 1.72. The van der Waals surface area contributed by atoms with Crippen LogP contribution in [0.15, 0.2) is 30.3 Å². The lowest BCUT2D eigenvalue weighted by Gasteiger charge is -2.04. The topological polar surface area (TPSA) is 37.3 Å². The Hall–Kier alpha value is -2.71. The van der Waals surface area contributed by atoms with Crippen LogP contribution in [-0.2, 0) is 0 Å². The summed E-state index contributed by atoms with van der Waals surface area (Å²) in [6, 6.07) is 8.41. The van der Waals surface area contributed by atoms with E-state index in [1.54, 1.807) is 24.3 Å². The van der Waals surface area contributed by atoms with E-state index in [0.29, 0.717) is 16.5 Å². The minimum Gasteiger partial charge on any atom is -0.478 e. The standard InChI is InChI=1S/C15H8O2/c1-3-10-5-6-13-12(7-10)8-11(4-2)9-14(13)15(16)17/h1-2,5-9H,(H,16,17). The Morgan fingerprint density at radius 1 is 1.06 bits per heavy atom. The van der Waals surface area contributed by atoms with Gasteiger partial charge < -0.3 is 5.11 Å². The van der Waals surface area contributed by atoms with Gasteiger partial charge in [0.15, 0.2) is 0 Å². The molecule has 0 radical (unpaired) electrons.